The van der Waals surface area contributed by atoms with E-state index < -0.39 is 34.1 Å². The molecule has 9 nitrogen and oxygen atoms in total. The number of benzene rings is 1. The Morgan fingerprint density at radius 3 is 2.67 bits per heavy atom. The summed E-state index contributed by atoms with van der Waals surface area (Å²) < 4.78 is 66.9. The van der Waals surface area contributed by atoms with Crippen LogP contribution in [0, 0.1) is 0 Å². The van der Waals surface area contributed by atoms with Crippen LogP contribution in [0.2, 0.25) is 0 Å². The third-order valence-corrected chi connectivity index (χ3v) is 7.48. The molecule has 33 heavy (non-hydrogen) atoms. The molecule has 1 aliphatic carbocycles. The van der Waals surface area contributed by atoms with E-state index in [1.165, 1.54) is 12.1 Å². The number of rotatable bonds is 4. The number of nitrogens with two attached hydrogens (primary N) is 1. The van der Waals surface area contributed by atoms with Crippen molar-refractivity contribution in [1.82, 2.24) is 14.9 Å². The molecule has 2 atom stereocenters. The summed E-state index contributed by atoms with van der Waals surface area (Å²) in [7, 11) is -3.95. The van der Waals surface area contributed by atoms with Gasteiger partial charge in [-0.05, 0) is 54.5 Å². The van der Waals surface area contributed by atoms with Crippen molar-refractivity contribution in [2.75, 3.05) is 6.54 Å². The van der Waals surface area contributed by atoms with Gasteiger partial charge in [-0.15, -0.1) is 0 Å². The van der Waals surface area contributed by atoms with E-state index in [0.29, 0.717) is 35.3 Å². The quantitative estimate of drug-likeness (QED) is 0.578. The average molecular weight is 485 g/mol. The molecule has 1 aromatic rings. The maximum atomic E-state index is 13.0. The Balaban J connectivity index is 1.46. The van der Waals surface area contributed by atoms with Crippen LogP contribution in [-0.4, -0.2) is 55.8 Å². The number of hydrogen-bond acceptors (Lipinski definition) is 6. The molecule has 1 aromatic carbocycles. The molecule has 2 heterocycles. The summed E-state index contributed by atoms with van der Waals surface area (Å²) in [6, 6.07) is 3.66. The van der Waals surface area contributed by atoms with E-state index >= 15 is 0 Å². The first kappa shape index (κ1) is 23.2. The van der Waals surface area contributed by atoms with Crippen LogP contribution >= 0.6 is 0 Å². The number of amidine groups is 1. The van der Waals surface area contributed by atoms with Gasteiger partial charge in [0.1, 0.15) is 0 Å². The summed E-state index contributed by atoms with van der Waals surface area (Å²) in [6.45, 7) is -0.386. The Hall–Kier alpha value is -2.93. The topological polar surface area (TPSA) is 134 Å². The molecule has 0 radical (unpaired) electrons. The van der Waals surface area contributed by atoms with Gasteiger partial charge >= 0.3 is 12.1 Å². The summed E-state index contributed by atoms with van der Waals surface area (Å²) in [5.74, 6) is -2.54. The molecule has 4 rings (SSSR count). The number of alkyl halides is 3. The Morgan fingerprint density at radius 1 is 1.21 bits per heavy atom. The van der Waals surface area contributed by atoms with Gasteiger partial charge in [0.15, 0.2) is 5.84 Å². The zero-order chi connectivity index (χ0) is 24.0. The molecular weight excluding hydrogens is 463 g/mol. The highest BCUT2D eigenvalue weighted by molar-refractivity contribution is 7.89. The summed E-state index contributed by atoms with van der Waals surface area (Å²) in [4.78, 5) is 27.7. The van der Waals surface area contributed by atoms with E-state index in [0.717, 1.165) is 5.57 Å². The van der Waals surface area contributed by atoms with E-state index in [1.807, 2.05) is 0 Å². The van der Waals surface area contributed by atoms with Crippen molar-refractivity contribution in [2.45, 2.75) is 55.4 Å². The minimum absolute atomic E-state index is 0.0647. The maximum absolute atomic E-state index is 13.0. The predicted octanol–water partition coefficient (Wildman–Crippen LogP) is 0.704. The Kier molecular flexibility index (Phi) is 5.95. The first-order valence-corrected chi connectivity index (χ1v) is 11.8. The number of fused-ring (bicyclic) bond motifs is 2. The Morgan fingerprint density at radius 2 is 1.97 bits per heavy atom. The molecule has 0 spiro atoms. The van der Waals surface area contributed by atoms with Crippen LogP contribution < -0.4 is 15.8 Å². The number of nitrogens with one attached hydrogen (secondary N) is 2. The number of sulfonamides is 1. The van der Waals surface area contributed by atoms with E-state index in [-0.39, 0.29) is 36.3 Å². The fraction of sp³-hybridized carbons (Fsp3) is 0.450. The zero-order valence-corrected chi connectivity index (χ0v) is 18.2. The molecule has 3 aliphatic rings. The summed E-state index contributed by atoms with van der Waals surface area (Å²) in [5.41, 5.74) is 7.15. The zero-order valence-electron chi connectivity index (χ0n) is 17.4. The third-order valence-electron chi connectivity index (χ3n) is 5.96. The highest BCUT2D eigenvalue weighted by Gasteiger charge is 2.43. The highest BCUT2D eigenvalue weighted by Crippen LogP contribution is 2.30. The minimum atomic E-state index is -4.98. The normalized spacial score (nSPS) is 22.9. The molecule has 0 aromatic heterocycles. The lowest BCUT2D eigenvalue weighted by Gasteiger charge is -2.32. The number of nitrogens with zero attached hydrogens (tertiary/aromatic N) is 2. The Labute approximate surface area is 188 Å². The van der Waals surface area contributed by atoms with Gasteiger partial charge in [-0.3, -0.25) is 14.6 Å². The van der Waals surface area contributed by atoms with Gasteiger partial charge in [0, 0.05) is 25.3 Å². The average Bonchev–Trinajstić information content (AvgIpc) is 2.76. The number of aliphatic imine (C=N–C) groups is 1. The molecule has 1 saturated carbocycles. The second-order valence-corrected chi connectivity index (χ2v) is 9.94. The van der Waals surface area contributed by atoms with E-state index in [9.17, 15) is 31.2 Å². The molecule has 2 unspecified atom stereocenters. The van der Waals surface area contributed by atoms with Crippen LogP contribution in [0.4, 0.5) is 13.2 Å². The van der Waals surface area contributed by atoms with Gasteiger partial charge in [0.05, 0.1) is 10.9 Å². The molecular formula is C20H22F3N5O4S. The van der Waals surface area contributed by atoms with Gasteiger partial charge in [-0.2, -0.15) is 13.2 Å². The number of halogens is 3. The fourth-order valence-corrected chi connectivity index (χ4v) is 5.62. The number of carbonyl (C=O) groups is 2. The lowest BCUT2D eigenvalue weighted by atomic mass is 9.87. The number of primary amides is 1. The summed E-state index contributed by atoms with van der Waals surface area (Å²) in [6.07, 6.45) is -1.77. The molecule has 0 saturated heterocycles. The second kappa shape index (κ2) is 8.45. The molecule has 178 valence electrons. The van der Waals surface area contributed by atoms with Crippen LogP contribution in [0.15, 0.2) is 39.9 Å². The largest absolute Gasteiger partial charge is 0.471 e. The fourth-order valence-electron chi connectivity index (χ4n) is 4.30. The van der Waals surface area contributed by atoms with Gasteiger partial charge in [-0.25, -0.2) is 13.1 Å². The van der Waals surface area contributed by atoms with Crippen molar-refractivity contribution in [3.63, 3.8) is 0 Å². The highest BCUT2D eigenvalue weighted by atomic mass is 32.2. The molecule has 13 heteroatoms. The van der Waals surface area contributed by atoms with Crippen molar-refractivity contribution in [1.29, 1.82) is 0 Å². The van der Waals surface area contributed by atoms with Gasteiger partial charge in [0.2, 0.25) is 10.0 Å². The second-order valence-electron chi connectivity index (χ2n) is 8.23. The third kappa shape index (κ3) is 4.88. The van der Waals surface area contributed by atoms with Crippen LogP contribution in [0.3, 0.4) is 0 Å². The first-order chi connectivity index (χ1) is 15.4. The maximum Gasteiger partial charge on any atom is 0.471 e. The molecule has 4 N–H and O–H groups in total. The molecule has 1 fully saturated rings. The SMILES string of the molecule is NC(=O)C1=NC2CCC(NS(=O)(=O)c3ccc4c(c3)CN(C(=O)C(F)(F)F)CC4)CC2=CN1. The van der Waals surface area contributed by atoms with Gasteiger partial charge in [-0.1, -0.05) is 6.07 Å². The molecule has 2 amide bonds. The predicted molar refractivity (Wildman–Crippen MR) is 111 cm³/mol. The smallest absolute Gasteiger partial charge is 0.363 e. The monoisotopic (exact) mass is 485 g/mol. The van der Waals surface area contributed by atoms with E-state index in [1.54, 1.807) is 12.3 Å². The Bertz CT molecular complexity index is 1160. The number of hydrogen-bond donors (Lipinski definition) is 3. The minimum Gasteiger partial charge on any atom is -0.363 e. The first-order valence-electron chi connectivity index (χ1n) is 10.3. The van der Waals surface area contributed by atoms with Crippen LogP contribution in [0.25, 0.3) is 0 Å². The van der Waals surface area contributed by atoms with Crippen LogP contribution in [0.1, 0.15) is 30.4 Å². The van der Waals surface area contributed by atoms with Gasteiger partial charge in [0.25, 0.3) is 5.91 Å². The van der Waals surface area contributed by atoms with Crippen molar-refractivity contribution in [2.24, 2.45) is 10.7 Å². The van der Waals surface area contributed by atoms with Crippen molar-refractivity contribution < 1.29 is 31.2 Å². The van der Waals surface area contributed by atoms with Crippen molar-refractivity contribution >= 4 is 27.7 Å². The standard InChI is InChI=1S/C20H22F3N5O4S/c21-20(22,23)19(30)28-6-5-11-1-3-15(8-13(11)10-28)33(31,32)27-14-2-4-16-12(7-14)9-25-18(26-16)17(24)29/h1,3,8-9,14,16,27H,2,4-7,10H2,(H2,24,29)(H,25,26). The van der Waals surface area contributed by atoms with Crippen LogP contribution in [0.5, 0.6) is 0 Å². The summed E-state index contributed by atoms with van der Waals surface area (Å²) in [5, 5.41) is 2.71. The van der Waals surface area contributed by atoms with Crippen molar-refractivity contribution in [3.05, 3.63) is 41.1 Å². The van der Waals surface area contributed by atoms with E-state index in [2.05, 4.69) is 15.0 Å². The molecule has 0 bridgehead atoms. The lowest BCUT2D eigenvalue weighted by Crippen LogP contribution is -2.44. The lowest BCUT2D eigenvalue weighted by molar-refractivity contribution is -0.186. The van der Waals surface area contributed by atoms with E-state index in [4.69, 9.17) is 5.73 Å². The summed E-state index contributed by atoms with van der Waals surface area (Å²) >= 11 is 0. The number of amides is 2. The number of carbonyl (C=O) groups excluding carboxylic acids is 2. The van der Waals surface area contributed by atoms with Gasteiger partial charge < -0.3 is 16.0 Å². The van der Waals surface area contributed by atoms with Crippen molar-refractivity contribution in [3.8, 4) is 0 Å². The van der Waals surface area contributed by atoms with Crippen LogP contribution in [-0.2, 0) is 32.6 Å². The molecule has 2 aliphatic heterocycles.